The number of nitrogens with two attached hydrogens (primary N) is 1. The molecule has 1 aromatic carbocycles. The fourth-order valence-electron chi connectivity index (χ4n) is 2.12. The van der Waals surface area contributed by atoms with Crippen LogP contribution in [0.25, 0.3) is 11.0 Å². The number of hydrogen-bond acceptors (Lipinski definition) is 4. The maximum Gasteiger partial charge on any atom is 0.187 e. The number of fused-ring (bicyclic) bond motifs is 1. The molecule has 2 aromatic rings. The summed E-state index contributed by atoms with van der Waals surface area (Å²) in [5.41, 5.74) is 6.53. The predicted octanol–water partition coefficient (Wildman–Crippen LogP) is 2.02. The lowest BCUT2D eigenvalue weighted by atomic mass is 10.2. The van der Waals surface area contributed by atoms with Gasteiger partial charge in [-0.05, 0) is 18.6 Å². The Bertz CT molecular complexity index is 525. The zero-order valence-electron chi connectivity index (χ0n) is 8.69. The van der Waals surface area contributed by atoms with Crippen molar-refractivity contribution in [1.29, 1.82) is 0 Å². The standard InChI is InChI=1S/C11H12ClN3O/c12-9-3-1-2-8-10(9)16-14-11(8)15-5-4-7(13)6-15/h1-3,7H,4-6,13H2. The van der Waals surface area contributed by atoms with Gasteiger partial charge in [-0.2, -0.15) is 0 Å². The Kier molecular flexibility index (Phi) is 2.26. The van der Waals surface area contributed by atoms with Crippen LogP contribution in [0.4, 0.5) is 5.82 Å². The Hall–Kier alpha value is -1.26. The lowest BCUT2D eigenvalue weighted by molar-refractivity contribution is 0.456. The molecule has 5 heteroatoms. The topological polar surface area (TPSA) is 55.3 Å². The zero-order chi connectivity index (χ0) is 11.1. The van der Waals surface area contributed by atoms with E-state index in [0.29, 0.717) is 10.6 Å². The Morgan fingerprint density at radius 2 is 2.38 bits per heavy atom. The summed E-state index contributed by atoms with van der Waals surface area (Å²) in [6.07, 6.45) is 0.995. The molecule has 4 nitrogen and oxygen atoms in total. The maximum absolute atomic E-state index is 6.03. The molecule has 3 rings (SSSR count). The molecule has 0 aliphatic carbocycles. The first-order chi connectivity index (χ1) is 7.75. The van der Waals surface area contributed by atoms with E-state index in [9.17, 15) is 0 Å². The number of para-hydroxylation sites is 1. The summed E-state index contributed by atoms with van der Waals surface area (Å²) in [6, 6.07) is 5.90. The van der Waals surface area contributed by atoms with E-state index < -0.39 is 0 Å². The highest BCUT2D eigenvalue weighted by Crippen LogP contribution is 2.32. The van der Waals surface area contributed by atoms with Gasteiger partial charge < -0.3 is 15.2 Å². The molecule has 0 saturated carbocycles. The van der Waals surface area contributed by atoms with E-state index in [0.717, 1.165) is 30.7 Å². The third kappa shape index (κ3) is 1.45. The van der Waals surface area contributed by atoms with E-state index in [2.05, 4.69) is 10.1 Å². The fourth-order valence-corrected chi connectivity index (χ4v) is 2.33. The van der Waals surface area contributed by atoms with Crippen molar-refractivity contribution in [2.24, 2.45) is 5.73 Å². The van der Waals surface area contributed by atoms with Gasteiger partial charge >= 0.3 is 0 Å². The average molecular weight is 238 g/mol. The highest BCUT2D eigenvalue weighted by Gasteiger charge is 2.24. The molecule has 1 saturated heterocycles. The van der Waals surface area contributed by atoms with E-state index >= 15 is 0 Å². The Balaban J connectivity index is 2.08. The summed E-state index contributed by atoms with van der Waals surface area (Å²) in [4.78, 5) is 2.15. The van der Waals surface area contributed by atoms with Gasteiger partial charge in [-0.15, -0.1) is 0 Å². The van der Waals surface area contributed by atoms with Crippen LogP contribution in [-0.4, -0.2) is 24.3 Å². The number of nitrogens with zero attached hydrogens (tertiary/aromatic N) is 2. The van der Waals surface area contributed by atoms with E-state index in [1.807, 2.05) is 12.1 Å². The van der Waals surface area contributed by atoms with Crippen molar-refractivity contribution >= 4 is 28.4 Å². The molecular weight excluding hydrogens is 226 g/mol. The molecule has 0 spiro atoms. The molecule has 0 radical (unpaired) electrons. The normalized spacial score (nSPS) is 20.9. The van der Waals surface area contributed by atoms with E-state index in [1.165, 1.54) is 0 Å². The van der Waals surface area contributed by atoms with Crippen LogP contribution in [-0.2, 0) is 0 Å². The Labute approximate surface area is 97.9 Å². The summed E-state index contributed by atoms with van der Waals surface area (Å²) < 4.78 is 5.26. The van der Waals surface area contributed by atoms with Crippen LogP contribution < -0.4 is 10.6 Å². The van der Waals surface area contributed by atoms with Crippen LogP contribution >= 0.6 is 11.6 Å². The second-order valence-corrected chi connectivity index (χ2v) is 4.52. The van der Waals surface area contributed by atoms with Crippen molar-refractivity contribution in [2.75, 3.05) is 18.0 Å². The predicted molar refractivity (Wildman–Crippen MR) is 63.8 cm³/mol. The summed E-state index contributed by atoms with van der Waals surface area (Å²) in [5.74, 6) is 0.852. The molecular formula is C11H12ClN3O. The van der Waals surface area contributed by atoms with Gasteiger partial charge in [0.15, 0.2) is 11.4 Å². The van der Waals surface area contributed by atoms with Crippen LogP contribution in [0.5, 0.6) is 0 Å². The lowest BCUT2D eigenvalue weighted by Gasteiger charge is -2.13. The first kappa shape index (κ1) is 9.93. The number of halogens is 1. The van der Waals surface area contributed by atoms with Crippen LogP contribution in [0.2, 0.25) is 5.02 Å². The van der Waals surface area contributed by atoms with Crippen molar-refractivity contribution in [2.45, 2.75) is 12.5 Å². The summed E-state index contributed by atoms with van der Waals surface area (Å²) in [7, 11) is 0. The molecule has 84 valence electrons. The van der Waals surface area contributed by atoms with Gasteiger partial charge in [-0.3, -0.25) is 0 Å². The summed E-state index contributed by atoms with van der Waals surface area (Å²) in [6.45, 7) is 1.75. The molecule has 0 bridgehead atoms. The molecule has 1 aliphatic heterocycles. The van der Waals surface area contributed by atoms with E-state index in [4.69, 9.17) is 21.9 Å². The molecule has 2 N–H and O–H groups in total. The lowest BCUT2D eigenvalue weighted by Crippen LogP contribution is -2.26. The second-order valence-electron chi connectivity index (χ2n) is 4.12. The van der Waals surface area contributed by atoms with Crippen LogP contribution in [0.3, 0.4) is 0 Å². The number of benzene rings is 1. The minimum atomic E-state index is 0.228. The summed E-state index contributed by atoms with van der Waals surface area (Å²) >= 11 is 6.03. The number of rotatable bonds is 1. The number of aromatic nitrogens is 1. The molecule has 16 heavy (non-hydrogen) atoms. The molecule has 1 fully saturated rings. The molecule has 2 heterocycles. The molecule has 1 atom stereocenters. The molecule has 1 aromatic heterocycles. The van der Waals surface area contributed by atoms with Gasteiger partial charge in [-0.25, -0.2) is 0 Å². The van der Waals surface area contributed by atoms with Gasteiger partial charge in [-0.1, -0.05) is 22.8 Å². The van der Waals surface area contributed by atoms with Crippen LogP contribution in [0, 0.1) is 0 Å². The van der Waals surface area contributed by atoms with Gasteiger partial charge in [0.1, 0.15) is 0 Å². The monoisotopic (exact) mass is 237 g/mol. The largest absolute Gasteiger partial charge is 0.352 e. The molecule has 1 unspecified atom stereocenters. The van der Waals surface area contributed by atoms with E-state index in [1.54, 1.807) is 6.07 Å². The molecule has 0 amide bonds. The zero-order valence-corrected chi connectivity index (χ0v) is 9.44. The van der Waals surface area contributed by atoms with E-state index in [-0.39, 0.29) is 6.04 Å². The second kappa shape index (κ2) is 3.64. The number of hydrogen-bond donors (Lipinski definition) is 1. The van der Waals surface area contributed by atoms with Crippen LogP contribution in [0.1, 0.15) is 6.42 Å². The summed E-state index contributed by atoms with van der Waals surface area (Å²) in [5, 5.41) is 5.64. The minimum Gasteiger partial charge on any atom is -0.352 e. The quantitative estimate of drug-likeness (QED) is 0.825. The van der Waals surface area contributed by atoms with Crippen molar-refractivity contribution in [3.8, 4) is 0 Å². The van der Waals surface area contributed by atoms with Crippen molar-refractivity contribution in [3.05, 3.63) is 23.2 Å². The highest BCUT2D eigenvalue weighted by atomic mass is 35.5. The van der Waals surface area contributed by atoms with Crippen molar-refractivity contribution < 1.29 is 4.52 Å². The first-order valence-electron chi connectivity index (χ1n) is 5.30. The third-order valence-electron chi connectivity index (χ3n) is 2.96. The maximum atomic E-state index is 6.03. The molecule has 1 aliphatic rings. The van der Waals surface area contributed by atoms with Gasteiger partial charge in [0.2, 0.25) is 0 Å². The van der Waals surface area contributed by atoms with Gasteiger partial charge in [0.05, 0.1) is 10.4 Å². The SMILES string of the molecule is NC1CCN(c2noc3c(Cl)cccc23)C1. The Morgan fingerprint density at radius 3 is 3.12 bits per heavy atom. The fraction of sp³-hybridized carbons (Fsp3) is 0.364. The van der Waals surface area contributed by atoms with Gasteiger partial charge in [0.25, 0.3) is 0 Å². The number of anilines is 1. The minimum absolute atomic E-state index is 0.228. The van der Waals surface area contributed by atoms with Crippen molar-refractivity contribution in [1.82, 2.24) is 5.16 Å². The smallest absolute Gasteiger partial charge is 0.187 e. The Morgan fingerprint density at radius 1 is 1.50 bits per heavy atom. The first-order valence-corrected chi connectivity index (χ1v) is 5.68. The van der Waals surface area contributed by atoms with Crippen molar-refractivity contribution in [3.63, 3.8) is 0 Å². The highest BCUT2D eigenvalue weighted by molar-refractivity contribution is 6.35. The van der Waals surface area contributed by atoms with Crippen LogP contribution in [0.15, 0.2) is 22.7 Å². The average Bonchev–Trinajstić information content (AvgIpc) is 2.84. The van der Waals surface area contributed by atoms with Gasteiger partial charge in [0, 0.05) is 19.1 Å². The third-order valence-corrected chi connectivity index (χ3v) is 3.25.